The van der Waals surface area contributed by atoms with Crippen LogP contribution in [0.4, 0.5) is 17.6 Å². The summed E-state index contributed by atoms with van der Waals surface area (Å²) in [4.78, 5) is 14.2. The quantitative estimate of drug-likeness (QED) is 0.669. The molecular weight excluding hydrogens is 334 g/mol. The van der Waals surface area contributed by atoms with Crippen molar-refractivity contribution in [2.24, 2.45) is 0 Å². The van der Waals surface area contributed by atoms with Gasteiger partial charge in [-0.3, -0.25) is 4.79 Å². The van der Waals surface area contributed by atoms with Crippen molar-refractivity contribution in [2.75, 3.05) is 0 Å². The molecule has 1 unspecified atom stereocenters. The van der Waals surface area contributed by atoms with Crippen LogP contribution in [0.15, 0.2) is 48.5 Å². The van der Waals surface area contributed by atoms with Crippen molar-refractivity contribution >= 4 is 5.91 Å². The van der Waals surface area contributed by atoms with Crippen molar-refractivity contribution in [2.45, 2.75) is 39.0 Å². The Morgan fingerprint density at radius 2 is 1.76 bits per heavy atom. The molecule has 0 aromatic heterocycles. The van der Waals surface area contributed by atoms with E-state index >= 15 is 0 Å². The fraction of sp³-hybridized carbons (Fsp3) is 0.316. The minimum absolute atomic E-state index is 0.199. The molecule has 0 aliphatic rings. The summed E-state index contributed by atoms with van der Waals surface area (Å²) in [6, 6.07) is 10.7. The maximum atomic E-state index is 14.1. The van der Waals surface area contributed by atoms with Gasteiger partial charge in [-0.25, -0.2) is 4.39 Å². The minimum atomic E-state index is -4.64. The molecule has 0 aliphatic heterocycles. The highest BCUT2D eigenvalue weighted by molar-refractivity contribution is 5.95. The van der Waals surface area contributed by atoms with E-state index in [0.717, 1.165) is 5.56 Å². The van der Waals surface area contributed by atoms with Crippen LogP contribution < -0.4 is 0 Å². The van der Waals surface area contributed by atoms with Crippen LogP contribution >= 0.6 is 0 Å². The first-order chi connectivity index (χ1) is 11.7. The van der Waals surface area contributed by atoms with Gasteiger partial charge in [-0.15, -0.1) is 0 Å². The number of rotatable bonds is 5. The molecule has 0 bridgehead atoms. The number of carbonyl (C=O) groups excluding carboxylic acids is 1. The first-order valence-electron chi connectivity index (χ1n) is 7.95. The van der Waals surface area contributed by atoms with Gasteiger partial charge < -0.3 is 4.90 Å². The maximum Gasteiger partial charge on any atom is 0.416 e. The highest BCUT2D eigenvalue weighted by Crippen LogP contribution is 2.31. The zero-order chi connectivity index (χ0) is 18.6. The van der Waals surface area contributed by atoms with E-state index in [9.17, 15) is 22.4 Å². The van der Waals surface area contributed by atoms with Crippen LogP contribution in [0.1, 0.15) is 41.8 Å². The molecule has 134 valence electrons. The number of alkyl halides is 3. The van der Waals surface area contributed by atoms with Crippen LogP contribution in [-0.2, 0) is 12.7 Å². The Morgan fingerprint density at radius 1 is 1.12 bits per heavy atom. The SMILES string of the molecule is CCC(C)N(Cc1ccccc1)C(=O)c1cc(C(F)(F)F)ccc1F. The first-order valence-corrected chi connectivity index (χ1v) is 7.95. The van der Waals surface area contributed by atoms with Crippen LogP contribution in [0.5, 0.6) is 0 Å². The molecule has 0 heterocycles. The van der Waals surface area contributed by atoms with Gasteiger partial charge in [0.1, 0.15) is 5.82 Å². The van der Waals surface area contributed by atoms with E-state index in [1.165, 1.54) is 4.90 Å². The molecule has 0 saturated heterocycles. The van der Waals surface area contributed by atoms with Crippen LogP contribution in [0, 0.1) is 5.82 Å². The normalized spacial score (nSPS) is 12.7. The maximum absolute atomic E-state index is 14.1. The van der Waals surface area contributed by atoms with Crippen LogP contribution in [-0.4, -0.2) is 16.8 Å². The lowest BCUT2D eigenvalue weighted by molar-refractivity contribution is -0.137. The van der Waals surface area contributed by atoms with E-state index in [2.05, 4.69) is 0 Å². The molecule has 0 saturated carbocycles. The lowest BCUT2D eigenvalue weighted by Gasteiger charge is -2.29. The van der Waals surface area contributed by atoms with Gasteiger partial charge in [0.05, 0.1) is 11.1 Å². The van der Waals surface area contributed by atoms with Crippen molar-refractivity contribution in [3.8, 4) is 0 Å². The Kier molecular flexibility index (Phi) is 5.82. The molecule has 25 heavy (non-hydrogen) atoms. The van der Waals surface area contributed by atoms with Crippen molar-refractivity contribution in [1.82, 2.24) is 4.90 Å². The van der Waals surface area contributed by atoms with Gasteiger partial charge in [0.15, 0.2) is 0 Å². The van der Waals surface area contributed by atoms with E-state index < -0.39 is 29.0 Å². The Morgan fingerprint density at radius 3 is 2.32 bits per heavy atom. The van der Waals surface area contributed by atoms with Gasteiger partial charge in [-0.1, -0.05) is 37.3 Å². The van der Waals surface area contributed by atoms with Gasteiger partial charge in [0, 0.05) is 12.6 Å². The van der Waals surface area contributed by atoms with E-state index in [1.807, 2.05) is 25.1 Å². The highest BCUT2D eigenvalue weighted by atomic mass is 19.4. The summed E-state index contributed by atoms with van der Waals surface area (Å²) >= 11 is 0. The topological polar surface area (TPSA) is 20.3 Å². The van der Waals surface area contributed by atoms with Crippen molar-refractivity contribution in [1.29, 1.82) is 0 Å². The van der Waals surface area contributed by atoms with E-state index in [-0.39, 0.29) is 12.6 Å². The van der Waals surface area contributed by atoms with Crippen molar-refractivity contribution in [3.63, 3.8) is 0 Å². The summed E-state index contributed by atoms with van der Waals surface area (Å²) in [6.45, 7) is 3.84. The predicted octanol–water partition coefficient (Wildman–Crippen LogP) is 5.29. The fourth-order valence-electron chi connectivity index (χ4n) is 2.45. The molecule has 2 aromatic rings. The second-order valence-electron chi connectivity index (χ2n) is 5.87. The lowest BCUT2D eigenvalue weighted by atomic mass is 10.1. The Hall–Kier alpha value is -2.37. The zero-order valence-electron chi connectivity index (χ0n) is 14.0. The average molecular weight is 353 g/mol. The zero-order valence-corrected chi connectivity index (χ0v) is 14.0. The summed E-state index contributed by atoms with van der Waals surface area (Å²) in [5.74, 6) is -1.71. The third-order valence-corrected chi connectivity index (χ3v) is 4.10. The number of amides is 1. The lowest BCUT2D eigenvalue weighted by Crippen LogP contribution is -2.38. The third-order valence-electron chi connectivity index (χ3n) is 4.10. The van der Waals surface area contributed by atoms with E-state index in [4.69, 9.17) is 0 Å². The molecule has 2 rings (SSSR count). The van der Waals surface area contributed by atoms with Crippen LogP contribution in [0.3, 0.4) is 0 Å². The van der Waals surface area contributed by atoms with Crippen molar-refractivity contribution in [3.05, 3.63) is 71.0 Å². The summed E-state index contributed by atoms with van der Waals surface area (Å²) in [5.41, 5.74) is -0.782. The van der Waals surface area contributed by atoms with Gasteiger partial charge in [0.2, 0.25) is 0 Å². The number of hydrogen-bond acceptors (Lipinski definition) is 1. The van der Waals surface area contributed by atoms with Crippen LogP contribution in [0.2, 0.25) is 0 Å². The largest absolute Gasteiger partial charge is 0.416 e. The predicted molar refractivity (Wildman–Crippen MR) is 87.5 cm³/mol. The molecule has 0 spiro atoms. The summed E-state index contributed by atoms with van der Waals surface area (Å²) in [7, 11) is 0. The Labute approximate surface area is 144 Å². The van der Waals surface area contributed by atoms with E-state index in [1.54, 1.807) is 19.1 Å². The second kappa shape index (κ2) is 7.68. The van der Waals surface area contributed by atoms with E-state index in [0.29, 0.717) is 24.6 Å². The summed E-state index contributed by atoms with van der Waals surface area (Å²) < 4.78 is 52.7. The van der Waals surface area contributed by atoms with Gasteiger partial charge >= 0.3 is 6.18 Å². The van der Waals surface area contributed by atoms with Crippen LogP contribution in [0.25, 0.3) is 0 Å². The molecule has 0 N–H and O–H groups in total. The number of nitrogens with zero attached hydrogens (tertiary/aromatic N) is 1. The molecule has 0 radical (unpaired) electrons. The first kappa shape index (κ1) is 19.0. The van der Waals surface area contributed by atoms with Gasteiger partial charge in [-0.2, -0.15) is 13.2 Å². The average Bonchev–Trinajstić information content (AvgIpc) is 2.58. The molecule has 0 fully saturated rings. The third kappa shape index (κ3) is 4.59. The summed E-state index contributed by atoms with van der Waals surface area (Å²) in [5, 5.41) is 0. The monoisotopic (exact) mass is 353 g/mol. The van der Waals surface area contributed by atoms with Crippen molar-refractivity contribution < 1.29 is 22.4 Å². The molecule has 0 aliphatic carbocycles. The molecule has 2 aromatic carbocycles. The number of benzene rings is 2. The molecule has 2 nitrogen and oxygen atoms in total. The highest BCUT2D eigenvalue weighted by Gasteiger charge is 2.33. The minimum Gasteiger partial charge on any atom is -0.332 e. The smallest absolute Gasteiger partial charge is 0.332 e. The Bertz CT molecular complexity index is 728. The molecule has 1 amide bonds. The number of carbonyl (C=O) groups is 1. The standard InChI is InChI=1S/C19H19F4NO/c1-3-13(2)24(12-14-7-5-4-6-8-14)18(25)16-11-15(19(21,22)23)9-10-17(16)20/h4-11,13H,3,12H2,1-2H3. The van der Waals surface area contributed by atoms with Gasteiger partial charge in [0.25, 0.3) is 5.91 Å². The fourth-order valence-corrected chi connectivity index (χ4v) is 2.45. The van der Waals surface area contributed by atoms with Gasteiger partial charge in [-0.05, 0) is 37.1 Å². The summed E-state index contributed by atoms with van der Waals surface area (Å²) in [6.07, 6.45) is -4.04. The number of hydrogen-bond donors (Lipinski definition) is 0. The number of halogens is 4. The second-order valence-corrected chi connectivity index (χ2v) is 5.87. The molecule has 1 atom stereocenters. The Balaban J connectivity index is 2.39. The molecular formula is C19H19F4NO. The molecule has 6 heteroatoms.